The summed E-state index contributed by atoms with van der Waals surface area (Å²) in [6.07, 6.45) is 0. The molecule has 1 aliphatic rings. The van der Waals surface area contributed by atoms with Crippen molar-refractivity contribution in [3.05, 3.63) is 35.9 Å². The van der Waals surface area contributed by atoms with Gasteiger partial charge in [-0.05, 0) is 5.56 Å². The molecule has 1 fully saturated rings. The maximum absolute atomic E-state index is 11.5. The van der Waals surface area contributed by atoms with E-state index in [2.05, 4.69) is 5.32 Å². The van der Waals surface area contributed by atoms with Crippen LogP contribution in [0.15, 0.2) is 30.3 Å². The van der Waals surface area contributed by atoms with Crippen molar-refractivity contribution >= 4 is 6.03 Å². The summed E-state index contributed by atoms with van der Waals surface area (Å²) < 4.78 is 0. The van der Waals surface area contributed by atoms with Crippen LogP contribution >= 0.6 is 0 Å². The smallest absolute Gasteiger partial charge is 0.318 e. The first-order chi connectivity index (χ1) is 7.33. The largest absolute Gasteiger partial charge is 0.394 e. The van der Waals surface area contributed by atoms with Crippen molar-refractivity contribution in [1.82, 2.24) is 10.2 Å². The molecule has 15 heavy (non-hydrogen) atoms. The van der Waals surface area contributed by atoms with Gasteiger partial charge in [0, 0.05) is 13.1 Å². The van der Waals surface area contributed by atoms with E-state index in [0.717, 1.165) is 5.56 Å². The summed E-state index contributed by atoms with van der Waals surface area (Å²) in [6, 6.07) is 9.26. The predicted octanol–water partition coefficient (Wildman–Crippen LogP) is 0.745. The number of aliphatic hydroxyl groups is 1. The van der Waals surface area contributed by atoms with Crippen molar-refractivity contribution in [3.63, 3.8) is 0 Å². The second kappa shape index (κ2) is 4.31. The molecule has 4 heteroatoms. The van der Waals surface area contributed by atoms with Crippen molar-refractivity contribution in [3.8, 4) is 0 Å². The fourth-order valence-electron chi connectivity index (χ4n) is 1.84. The van der Waals surface area contributed by atoms with Crippen molar-refractivity contribution in [1.29, 1.82) is 0 Å². The Labute approximate surface area is 88.5 Å². The Morgan fingerprint density at radius 3 is 2.67 bits per heavy atom. The molecule has 0 radical (unpaired) electrons. The Morgan fingerprint density at radius 2 is 2.13 bits per heavy atom. The van der Waals surface area contributed by atoms with E-state index in [9.17, 15) is 9.90 Å². The van der Waals surface area contributed by atoms with Crippen LogP contribution in [0.5, 0.6) is 0 Å². The van der Waals surface area contributed by atoms with E-state index in [1.165, 1.54) is 0 Å². The first kappa shape index (κ1) is 9.98. The SMILES string of the molecule is O=C1NCCN1[C@@H](CO)c1ccccc1. The van der Waals surface area contributed by atoms with Gasteiger partial charge in [0.2, 0.25) is 0 Å². The zero-order chi connectivity index (χ0) is 10.7. The van der Waals surface area contributed by atoms with Crippen LogP contribution in [0.25, 0.3) is 0 Å². The van der Waals surface area contributed by atoms with Gasteiger partial charge >= 0.3 is 6.03 Å². The third-order valence-corrected chi connectivity index (χ3v) is 2.62. The second-order valence-electron chi connectivity index (χ2n) is 3.53. The summed E-state index contributed by atoms with van der Waals surface area (Å²) >= 11 is 0. The molecule has 0 aromatic heterocycles. The maximum atomic E-state index is 11.5. The van der Waals surface area contributed by atoms with E-state index in [1.807, 2.05) is 30.3 Å². The molecule has 1 aromatic rings. The molecule has 2 rings (SSSR count). The predicted molar refractivity (Wildman–Crippen MR) is 56.4 cm³/mol. The van der Waals surface area contributed by atoms with Crippen LogP contribution < -0.4 is 5.32 Å². The zero-order valence-corrected chi connectivity index (χ0v) is 8.39. The average molecular weight is 206 g/mol. The fourth-order valence-corrected chi connectivity index (χ4v) is 1.84. The monoisotopic (exact) mass is 206 g/mol. The van der Waals surface area contributed by atoms with Gasteiger partial charge < -0.3 is 15.3 Å². The number of hydrogen-bond donors (Lipinski definition) is 2. The highest BCUT2D eigenvalue weighted by atomic mass is 16.3. The van der Waals surface area contributed by atoms with Crippen molar-refractivity contribution in [2.75, 3.05) is 19.7 Å². The molecule has 1 aliphatic heterocycles. The maximum Gasteiger partial charge on any atom is 0.318 e. The molecular weight excluding hydrogens is 192 g/mol. The van der Waals surface area contributed by atoms with E-state index in [0.29, 0.717) is 13.1 Å². The summed E-state index contributed by atoms with van der Waals surface area (Å²) in [6.45, 7) is 1.26. The lowest BCUT2D eigenvalue weighted by Gasteiger charge is -2.25. The second-order valence-corrected chi connectivity index (χ2v) is 3.53. The van der Waals surface area contributed by atoms with Gasteiger partial charge in [0.15, 0.2) is 0 Å². The lowest BCUT2D eigenvalue weighted by atomic mass is 10.1. The van der Waals surface area contributed by atoms with Crippen LogP contribution in [0.1, 0.15) is 11.6 Å². The third-order valence-electron chi connectivity index (χ3n) is 2.62. The van der Waals surface area contributed by atoms with Crippen LogP contribution in [-0.2, 0) is 0 Å². The van der Waals surface area contributed by atoms with Gasteiger partial charge in [-0.25, -0.2) is 4.79 Å². The summed E-state index contributed by atoms with van der Waals surface area (Å²) in [5, 5.41) is 12.1. The number of hydrogen-bond acceptors (Lipinski definition) is 2. The van der Waals surface area contributed by atoms with Gasteiger partial charge in [-0.1, -0.05) is 30.3 Å². The molecule has 80 valence electrons. The van der Waals surface area contributed by atoms with Crippen LogP contribution in [0, 0.1) is 0 Å². The molecule has 0 saturated carbocycles. The minimum atomic E-state index is -0.228. The van der Waals surface area contributed by atoms with Crippen molar-refractivity contribution < 1.29 is 9.90 Å². The zero-order valence-electron chi connectivity index (χ0n) is 8.39. The summed E-state index contributed by atoms with van der Waals surface area (Å²) in [7, 11) is 0. The molecule has 1 atom stereocenters. The topological polar surface area (TPSA) is 52.6 Å². The molecule has 4 nitrogen and oxygen atoms in total. The van der Waals surface area contributed by atoms with Gasteiger partial charge in [-0.15, -0.1) is 0 Å². The van der Waals surface area contributed by atoms with E-state index >= 15 is 0 Å². The first-order valence-electron chi connectivity index (χ1n) is 5.03. The molecule has 0 unspecified atom stereocenters. The quantitative estimate of drug-likeness (QED) is 0.766. The Hall–Kier alpha value is -1.55. The number of aliphatic hydroxyl groups excluding tert-OH is 1. The number of rotatable bonds is 3. The summed E-state index contributed by atoms with van der Waals surface area (Å²) in [5.41, 5.74) is 0.969. The third kappa shape index (κ3) is 1.94. The number of amides is 2. The van der Waals surface area contributed by atoms with Gasteiger partial charge in [0.1, 0.15) is 0 Å². The normalized spacial score (nSPS) is 17.7. The van der Waals surface area contributed by atoms with E-state index in [1.54, 1.807) is 4.90 Å². The molecule has 0 bridgehead atoms. The Balaban J connectivity index is 2.20. The van der Waals surface area contributed by atoms with Gasteiger partial charge in [-0.2, -0.15) is 0 Å². The highest BCUT2D eigenvalue weighted by molar-refractivity contribution is 5.76. The molecule has 0 spiro atoms. The Kier molecular flexibility index (Phi) is 2.87. The van der Waals surface area contributed by atoms with Crippen LogP contribution in [0.2, 0.25) is 0 Å². The van der Waals surface area contributed by atoms with Crippen LogP contribution in [0.3, 0.4) is 0 Å². The Bertz CT molecular complexity index is 340. The van der Waals surface area contributed by atoms with Gasteiger partial charge in [-0.3, -0.25) is 0 Å². The standard InChI is InChI=1S/C11H14N2O2/c14-8-10(9-4-2-1-3-5-9)13-7-6-12-11(13)15/h1-5,10,14H,6-8H2,(H,12,15)/t10-/m0/s1. The number of carbonyl (C=O) groups excluding carboxylic acids is 1. The number of nitrogens with one attached hydrogen (secondary N) is 1. The molecule has 1 aromatic carbocycles. The number of carbonyl (C=O) groups is 1. The molecule has 2 N–H and O–H groups in total. The minimum absolute atomic E-state index is 0.0442. The summed E-state index contributed by atoms with van der Waals surface area (Å²) in [5.74, 6) is 0. The summed E-state index contributed by atoms with van der Waals surface area (Å²) in [4.78, 5) is 13.1. The van der Waals surface area contributed by atoms with Gasteiger partial charge in [0.25, 0.3) is 0 Å². The molecule has 2 amide bonds. The number of benzene rings is 1. The van der Waals surface area contributed by atoms with Crippen molar-refractivity contribution in [2.45, 2.75) is 6.04 Å². The minimum Gasteiger partial charge on any atom is -0.394 e. The number of urea groups is 1. The molecular formula is C11H14N2O2. The van der Waals surface area contributed by atoms with E-state index in [-0.39, 0.29) is 18.7 Å². The molecule has 1 heterocycles. The Morgan fingerprint density at radius 1 is 1.40 bits per heavy atom. The molecule has 1 saturated heterocycles. The highest BCUT2D eigenvalue weighted by Gasteiger charge is 2.27. The highest BCUT2D eigenvalue weighted by Crippen LogP contribution is 2.21. The number of nitrogens with zero attached hydrogens (tertiary/aromatic N) is 1. The van der Waals surface area contributed by atoms with E-state index in [4.69, 9.17) is 0 Å². The average Bonchev–Trinajstić information content (AvgIpc) is 2.68. The van der Waals surface area contributed by atoms with Crippen LogP contribution in [-0.4, -0.2) is 35.7 Å². The van der Waals surface area contributed by atoms with Crippen molar-refractivity contribution in [2.24, 2.45) is 0 Å². The molecule has 0 aliphatic carbocycles. The first-order valence-corrected chi connectivity index (χ1v) is 5.03. The fraction of sp³-hybridized carbons (Fsp3) is 0.364. The lowest BCUT2D eigenvalue weighted by Crippen LogP contribution is -2.34. The van der Waals surface area contributed by atoms with Gasteiger partial charge in [0.05, 0.1) is 12.6 Å². The van der Waals surface area contributed by atoms with Crippen LogP contribution in [0.4, 0.5) is 4.79 Å². The van der Waals surface area contributed by atoms with E-state index < -0.39 is 0 Å². The lowest BCUT2D eigenvalue weighted by molar-refractivity contribution is 0.152.